The van der Waals surface area contributed by atoms with Crippen LogP contribution in [-0.4, -0.2) is 38.9 Å². The first-order chi connectivity index (χ1) is 19.9. The molecule has 1 aromatic heterocycles. The van der Waals surface area contributed by atoms with Crippen molar-refractivity contribution >= 4 is 56.9 Å². The number of nitrogens with zero attached hydrogens (tertiary/aromatic N) is 3. The fourth-order valence-corrected chi connectivity index (χ4v) is 5.64. The van der Waals surface area contributed by atoms with Crippen molar-refractivity contribution in [2.24, 2.45) is 5.92 Å². The zero-order chi connectivity index (χ0) is 28.8. The van der Waals surface area contributed by atoms with Crippen LogP contribution in [0.25, 0.3) is 11.0 Å². The van der Waals surface area contributed by atoms with Crippen LogP contribution in [0.3, 0.4) is 0 Å². The number of methoxy groups -OCH3 is 2. The van der Waals surface area contributed by atoms with Gasteiger partial charge in [-0.05, 0) is 49.1 Å². The Hall–Kier alpha value is -4.22. The summed E-state index contributed by atoms with van der Waals surface area (Å²) in [7, 11) is 3.09. The molecule has 0 aliphatic heterocycles. The van der Waals surface area contributed by atoms with Crippen LogP contribution >= 0.6 is 0 Å². The highest BCUT2D eigenvalue weighted by Gasteiger charge is 2.21. The molecule has 0 spiro atoms. The van der Waals surface area contributed by atoms with Crippen molar-refractivity contribution < 1.29 is 23.0 Å². The Labute approximate surface area is 241 Å². The number of aromatic nitrogens is 2. The molecule has 3 aromatic carbocycles. The van der Waals surface area contributed by atoms with E-state index >= 15 is 0 Å². The average molecular weight is 575 g/mol. The molecule has 214 valence electrons. The van der Waals surface area contributed by atoms with E-state index in [1.165, 1.54) is 6.42 Å². The molecule has 1 saturated carbocycles. The number of benzene rings is 3. The molecular weight excluding hydrogens is 542 g/mol. The van der Waals surface area contributed by atoms with Crippen LogP contribution in [0.5, 0.6) is 11.5 Å². The maximum absolute atomic E-state index is 12.8. The third-order valence-electron chi connectivity index (χ3n) is 7.07. The maximum atomic E-state index is 12.8. The summed E-state index contributed by atoms with van der Waals surface area (Å²) >= 11 is -2.78. The van der Waals surface area contributed by atoms with E-state index in [0.29, 0.717) is 51.9 Å². The van der Waals surface area contributed by atoms with Crippen LogP contribution in [0.1, 0.15) is 38.5 Å². The Bertz CT molecular complexity index is 1540. The van der Waals surface area contributed by atoms with Gasteiger partial charge in [0.25, 0.3) is 0 Å². The molecule has 1 aliphatic rings. The highest BCUT2D eigenvalue weighted by molar-refractivity contribution is 7.81. The molecule has 10 nitrogen and oxygen atoms in total. The second kappa shape index (κ2) is 13.0. The fraction of sp³-hybridized carbons (Fsp3) is 0.300. The standard InChI is InChI=1S/C30H33N5O5S/c1-39-24-17-22(18-25(19-24)40-2)32-29-30(34-27-14-7-6-13-26(27)33-29)35(41(37)38)23-12-8-11-21(16-23)31-28(36)15-20-9-4-3-5-10-20/h6-8,11-14,16-20H,3-5,9-10,15H2,1-2H3,(H,31,36)(H,32,33)(H,37,38)/p-1. The van der Waals surface area contributed by atoms with Crippen LogP contribution < -0.4 is 24.4 Å². The van der Waals surface area contributed by atoms with E-state index in [4.69, 9.17) is 14.5 Å². The predicted octanol–water partition coefficient (Wildman–Crippen LogP) is 6.23. The minimum Gasteiger partial charge on any atom is -0.755 e. The second-order valence-electron chi connectivity index (χ2n) is 9.93. The lowest BCUT2D eigenvalue weighted by Crippen LogP contribution is -2.23. The predicted molar refractivity (Wildman–Crippen MR) is 160 cm³/mol. The van der Waals surface area contributed by atoms with Gasteiger partial charge in [-0.2, -0.15) is 0 Å². The zero-order valence-electron chi connectivity index (χ0n) is 23.0. The molecule has 0 radical (unpaired) electrons. The number of para-hydroxylation sites is 2. The third-order valence-corrected chi connectivity index (χ3v) is 7.75. The monoisotopic (exact) mass is 574 g/mol. The number of carbonyl (C=O) groups excluding carboxylic acids is 1. The largest absolute Gasteiger partial charge is 0.755 e. The number of nitrogens with one attached hydrogen (secondary N) is 2. The Morgan fingerprint density at radius 1 is 0.927 bits per heavy atom. The van der Waals surface area contributed by atoms with Crippen LogP contribution in [-0.2, 0) is 16.1 Å². The Balaban J connectivity index is 1.50. The molecule has 0 bridgehead atoms. The lowest BCUT2D eigenvalue weighted by Gasteiger charge is -2.28. The van der Waals surface area contributed by atoms with Crippen LogP contribution in [0, 0.1) is 5.92 Å². The van der Waals surface area contributed by atoms with Gasteiger partial charge in [-0.3, -0.25) is 13.3 Å². The van der Waals surface area contributed by atoms with Gasteiger partial charge in [0.05, 0.1) is 42.2 Å². The van der Waals surface area contributed by atoms with Gasteiger partial charge >= 0.3 is 0 Å². The van der Waals surface area contributed by atoms with E-state index in [1.54, 1.807) is 68.8 Å². The van der Waals surface area contributed by atoms with Crippen LogP contribution in [0.2, 0.25) is 0 Å². The molecule has 4 aromatic rings. The Kier molecular flexibility index (Phi) is 8.95. The van der Waals surface area contributed by atoms with Gasteiger partial charge in [-0.15, -0.1) is 0 Å². The number of fused-ring (bicyclic) bond motifs is 1. The topological polar surface area (TPSA) is 129 Å². The molecule has 1 amide bonds. The van der Waals surface area contributed by atoms with Gasteiger partial charge < -0.3 is 24.7 Å². The molecule has 11 heteroatoms. The molecule has 1 atom stereocenters. The van der Waals surface area contributed by atoms with Crippen molar-refractivity contribution in [3.63, 3.8) is 0 Å². The van der Waals surface area contributed by atoms with Gasteiger partial charge in [0.1, 0.15) is 11.5 Å². The van der Waals surface area contributed by atoms with Gasteiger partial charge in [0, 0.05) is 36.0 Å². The smallest absolute Gasteiger partial charge is 0.224 e. The molecule has 0 saturated heterocycles. The van der Waals surface area contributed by atoms with Gasteiger partial charge in [-0.25, -0.2) is 9.97 Å². The number of hydrogen-bond acceptors (Lipinski definition) is 8. The molecule has 1 fully saturated rings. The minimum absolute atomic E-state index is 0.0597. The minimum atomic E-state index is -2.78. The van der Waals surface area contributed by atoms with Crippen molar-refractivity contribution in [3.05, 3.63) is 66.7 Å². The van der Waals surface area contributed by atoms with Crippen molar-refractivity contribution in [2.75, 3.05) is 29.2 Å². The molecule has 1 aliphatic carbocycles. The Morgan fingerprint density at radius 3 is 2.27 bits per heavy atom. The van der Waals surface area contributed by atoms with E-state index in [9.17, 15) is 13.6 Å². The van der Waals surface area contributed by atoms with Crippen LogP contribution in [0.4, 0.5) is 28.7 Å². The van der Waals surface area contributed by atoms with Crippen molar-refractivity contribution in [1.82, 2.24) is 9.97 Å². The molecule has 2 N–H and O–H groups in total. The van der Waals surface area contributed by atoms with Crippen LogP contribution in [0.15, 0.2) is 66.7 Å². The number of anilines is 5. The van der Waals surface area contributed by atoms with Gasteiger partial charge in [-0.1, -0.05) is 37.5 Å². The molecular formula is C30H32N5O5S-. The first-order valence-electron chi connectivity index (χ1n) is 13.5. The summed E-state index contributed by atoms with van der Waals surface area (Å²) in [5.41, 5.74) is 2.45. The average Bonchev–Trinajstić information content (AvgIpc) is 2.97. The van der Waals surface area contributed by atoms with E-state index in [-0.39, 0.29) is 17.5 Å². The summed E-state index contributed by atoms with van der Waals surface area (Å²) in [6.07, 6.45) is 6.11. The number of amides is 1. The lowest BCUT2D eigenvalue weighted by molar-refractivity contribution is -0.117. The number of rotatable bonds is 10. The fourth-order valence-electron chi connectivity index (χ4n) is 5.09. The third kappa shape index (κ3) is 6.93. The Morgan fingerprint density at radius 2 is 1.61 bits per heavy atom. The van der Waals surface area contributed by atoms with E-state index < -0.39 is 11.3 Å². The zero-order valence-corrected chi connectivity index (χ0v) is 23.8. The molecule has 5 rings (SSSR count). The van der Waals surface area contributed by atoms with Gasteiger partial charge in [0.15, 0.2) is 11.6 Å². The normalized spacial score (nSPS) is 14.3. The van der Waals surface area contributed by atoms with E-state index in [1.807, 2.05) is 12.1 Å². The summed E-state index contributed by atoms with van der Waals surface area (Å²) in [6, 6.07) is 19.1. The van der Waals surface area contributed by atoms with Crippen molar-refractivity contribution in [2.45, 2.75) is 38.5 Å². The SMILES string of the molecule is COc1cc(Nc2nc3ccccc3nc2N(c2cccc(NC(=O)CC3CCCCC3)c2)S(=O)[O-])cc(OC)c1. The lowest BCUT2D eigenvalue weighted by atomic mass is 9.87. The summed E-state index contributed by atoms with van der Waals surface area (Å²) < 4.78 is 37.3. The summed E-state index contributed by atoms with van der Waals surface area (Å²) in [5.74, 6) is 1.66. The van der Waals surface area contributed by atoms with Gasteiger partial charge in [0.2, 0.25) is 5.91 Å². The van der Waals surface area contributed by atoms with Crippen molar-refractivity contribution in [1.29, 1.82) is 0 Å². The van der Waals surface area contributed by atoms with E-state index in [2.05, 4.69) is 15.6 Å². The quantitative estimate of drug-likeness (QED) is 0.213. The summed E-state index contributed by atoms with van der Waals surface area (Å²) in [4.78, 5) is 22.2. The number of ether oxygens (including phenoxy) is 2. The number of hydrogen-bond donors (Lipinski definition) is 2. The maximum Gasteiger partial charge on any atom is 0.224 e. The van der Waals surface area contributed by atoms with E-state index in [0.717, 1.165) is 30.0 Å². The highest BCUT2D eigenvalue weighted by atomic mass is 32.2. The summed E-state index contributed by atoms with van der Waals surface area (Å²) in [5, 5.41) is 6.13. The molecule has 41 heavy (non-hydrogen) atoms. The summed E-state index contributed by atoms with van der Waals surface area (Å²) in [6.45, 7) is 0. The first kappa shape index (κ1) is 28.3. The first-order valence-corrected chi connectivity index (χ1v) is 14.5. The highest BCUT2D eigenvalue weighted by Crippen LogP contribution is 2.36. The second-order valence-corrected chi connectivity index (χ2v) is 10.7. The molecule has 1 unspecified atom stereocenters. The number of carbonyl (C=O) groups is 1. The molecule has 1 heterocycles. The van der Waals surface area contributed by atoms with Crippen molar-refractivity contribution in [3.8, 4) is 11.5 Å².